The number of carbonyl (C=O) groups excluding carboxylic acids is 1. The molecule has 0 fully saturated rings. The molecule has 0 saturated carbocycles. The Labute approximate surface area is 179 Å². The fraction of sp³-hybridized carbons (Fsp3) is 0.286. The highest BCUT2D eigenvalue weighted by Gasteiger charge is 2.17. The van der Waals surface area contributed by atoms with E-state index in [4.69, 9.17) is 16.3 Å². The second kappa shape index (κ2) is 9.80. The van der Waals surface area contributed by atoms with E-state index in [1.54, 1.807) is 0 Å². The van der Waals surface area contributed by atoms with Crippen LogP contribution in [0, 0.1) is 6.92 Å². The Bertz CT molecular complexity index is 956. The first kappa shape index (κ1) is 21.2. The van der Waals surface area contributed by atoms with Crippen molar-refractivity contribution in [1.29, 1.82) is 0 Å². The van der Waals surface area contributed by atoms with Crippen LogP contribution < -0.4 is 5.32 Å². The largest absolute Gasteiger partial charge is 0.462 e. The predicted molar refractivity (Wildman–Crippen MR) is 117 cm³/mol. The van der Waals surface area contributed by atoms with Crippen LogP contribution in [0.25, 0.3) is 5.69 Å². The second-order valence-corrected chi connectivity index (χ2v) is 8.14. The summed E-state index contributed by atoms with van der Waals surface area (Å²) in [5, 5.41) is 13.3. The summed E-state index contributed by atoms with van der Waals surface area (Å²) in [5.41, 5.74) is 3.07. The van der Waals surface area contributed by atoms with E-state index in [1.165, 1.54) is 17.3 Å². The van der Waals surface area contributed by atoms with Crippen LogP contribution in [-0.4, -0.2) is 32.6 Å². The number of anilines is 1. The van der Waals surface area contributed by atoms with Crippen LogP contribution in [0.2, 0.25) is 5.02 Å². The molecule has 0 radical (unpaired) electrons. The van der Waals surface area contributed by atoms with Gasteiger partial charge in [0.1, 0.15) is 0 Å². The van der Waals surface area contributed by atoms with E-state index in [0.29, 0.717) is 16.7 Å². The Balaban J connectivity index is 1.81. The van der Waals surface area contributed by atoms with Crippen molar-refractivity contribution in [2.45, 2.75) is 38.6 Å². The molecule has 1 heterocycles. The summed E-state index contributed by atoms with van der Waals surface area (Å²) in [4.78, 5) is 11.9. The number of aryl methyl sites for hydroxylation is 1. The van der Waals surface area contributed by atoms with Crippen LogP contribution in [0.5, 0.6) is 0 Å². The van der Waals surface area contributed by atoms with E-state index in [0.717, 1.165) is 17.2 Å². The first-order valence-electron chi connectivity index (χ1n) is 9.25. The molecule has 0 saturated heterocycles. The Morgan fingerprint density at radius 2 is 1.83 bits per heavy atom. The van der Waals surface area contributed by atoms with Crippen molar-refractivity contribution < 1.29 is 9.53 Å². The van der Waals surface area contributed by atoms with Gasteiger partial charge in [-0.15, -0.1) is 10.2 Å². The quantitative estimate of drug-likeness (QED) is 0.405. The van der Waals surface area contributed by atoms with E-state index in [1.807, 2.05) is 66.9 Å². The average molecular weight is 431 g/mol. The van der Waals surface area contributed by atoms with Crippen LogP contribution in [0.3, 0.4) is 0 Å². The van der Waals surface area contributed by atoms with Gasteiger partial charge in [0.15, 0.2) is 11.0 Å². The first-order chi connectivity index (χ1) is 13.9. The van der Waals surface area contributed by atoms with Crippen molar-refractivity contribution in [3.05, 3.63) is 64.9 Å². The zero-order valence-corrected chi connectivity index (χ0v) is 18.1. The monoisotopic (exact) mass is 430 g/mol. The summed E-state index contributed by atoms with van der Waals surface area (Å²) in [7, 11) is 0. The summed E-state index contributed by atoms with van der Waals surface area (Å²) in [6, 6.07) is 15.6. The minimum absolute atomic E-state index is 0.147. The molecule has 0 bridgehead atoms. The van der Waals surface area contributed by atoms with Crippen molar-refractivity contribution in [1.82, 2.24) is 14.8 Å². The van der Waals surface area contributed by atoms with E-state index in [2.05, 4.69) is 22.4 Å². The van der Waals surface area contributed by atoms with E-state index < -0.39 is 0 Å². The normalized spacial score (nSPS) is 10.9. The average Bonchev–Trinajstić information content (AvgIpc) is 3.09. The summed E-state index contributed by atoms with van der Waals surface area (Å²) >= 11 is 7.33. The van der Waals surface area contributed by atoms with E-state index in [-0.39, 0.29) is 17.8 Å². The van der Waals surface area contributed by atoms with Gasteiger partial charge in [-0.05, 0) is 57.2 Å². The van der Waals surface area contributed by atoms with E-state index >= 15 is 0 Å². The molecule has 3 rings (SSSR count). The lowest BCUT2D eigenvalue weighted by molar-refractivity contribution is -0.144. The lowest BCUT2D eigenvalue weighted by atomic mass is 10.2. The molecule has 8 heteroatoms. The molecule has 1 N–H and O–H groups in total. The third kappa shape index (κ3) is 5.98. The number of halogens is 1. The third-order valence-corrected chi connectivity index (χ3v) is 5.13. The van der Waals surface area contributed by atoms with Crippen LogP contribution in [-0.2, 0) is 16.1 Å². The van der Waals surface area contributed by atoms with Gasteiger partial charge in [-0.3, -0.25) is 9.36 Å². The minimum atomic E-state index is -0.282. The van der Waals surface area contributed by atoms with E-state index in [9.17, 15) is 4.79 Å². The second-order valence-electron chi connectivity index (χ2n) is 6.76. The van der Waals surface area contributed by atoms with Crippen LogP contribution >= 0.6 is 23.4 Å². The molecule has 3 aromatic rings. The maximum atomic E-state index is 11.9. The van der Waals surface area contributed by atoms with Crippen LogP contribution in [0.1, 0.15) is 25.2 Å². The van der Waals surface area contributed by atoms with Gasteiger partial charge in [-0.1, -0.05) is 41.1 Å². The zero-order valence-electron chi connectivity index (χ0n) is 16.6. The number of rotatable bonds is 8. The predicted octanol–water partition coefficient (Wildman–Crippen LogP) is 4.88. The van der Waals surface area contributed by atoms with Crippen LogP contribution in [0.15, 0.2) is 53.7 Å². The molecule has 0 aliphatic carbocycles. The molecule has 1 aromatic heterocycles. The van der Waals surface area contributed by atoms with Crippen molar-refractivity contribution in [2.24, 2.45) is 0 Å². The van der Waals surface area contributed by atoms with Gasteiger partial charge in [0.2, 0.25) is 0 Å². The Morgan fingerprint density at radius 1 is 1.14 bits per heavy atom. The lowest BCUT2D eigenvalue weighted by Crippen LogP contribution is -2.14. The number of aromatic nitrogens is 3. The molecule has 0 amide bonds. The molecule has 0 unspecified atom stereocenters. The van der Waals surface area contributed by atoms with Crippen molar-refractivity contribution in [3.63, 3.8) is 0 Å². The Hall–Kier alpha value is -2.51. The van der Waals surface area contributed by atoms with Gasteiger partial charge in [-0.2, -0.15) is 0 Å². The highest BCUT2D eigenvalue weighted by atomic mass is 35.5. The number of nitrogens with zero attached hydrogens (tertiary/aromatic N) is 3. The number of esters is 1. The Morgan fingerprint density at radius 3 is 2.48 bits per heavy atom. The maximum absolute atomic E-state index is 11.9. The zero-order chi connectivity index (χ0) is 20.8. The van der Waals surface area contributed by atoms with Gasteiger partial charge in [0.05, 0.1) is 18.4 Å². The summed E-state index contributed by atoms with van der Waals surface area (Å²) in [6.45, 7) is 6.19. The van der Waals surface area contributed by atoms with Gasteiger partial charge in [0, 0.05) is 16.4 Å². The molecule has 0 spiro atoms. The van der Waals surface area contributed by atoms with Gasteiger partial charge >= 0.3 is 5.97 Å². The molecular weight excluding hydrogens is 408 g/mol. The Kier molecular flexibility index (Phi) is 7.17. The number of carbonyl (C=O) groups is 1. The highest BCUT2D eigenvalue weighted by molar-refractivity contribution is 7.99. The van der Waals surface area contributed by atoms with Gasteiger partial charge < -0.3 is 10.1 Å². The molecule has 29 heavy (non-hydrogen) atoms. The smallest absolute Gasteiger partial charge is 0.316 e. The molecule has 0 aliphatic rings. The summed E-state index contributed by atoms with van der Waals surface area (Å²) in [6.07, 6.45) is -0.147. The van der Waals surface area contributed by atoms with Gasteiger partial charge in [-0.25, -0.2) is 0 Å². The standard InChI is InChI=1S/C21H23ClN4O2S/c1-14(2)28-20(27)13-29-21-25-24-19(12-23-17-8-4-15(3)5-9-17)26(21)18-10-6-16(22)7-11-18/h4-11,14,23H,12-13H2,1-3H3. The maximum Gasteiger partial charge on any atom is 0.316 e. The number of nitrogens with one attached hydrogen (secondary N) is 1. The van der Waals surface area contributed by atoms with Crippen LogP contribution in [0.4, 0.5) is 5.69 Å². The number of benzene rings is 2. The summed E-state index contributed by atoms with van der Waals surface area (Å²) < 4.78 is 7.13. The van der Waals surface area contributed by atoms with Gasteiger partial charge in [0.25, 0.3) is 0 Å². The fourth-order valence-corrected chi connectivity index (χ4v) is 3.51. The number of hydrogen-bond donors (Lipinski definition) is 1. The molecular formula is C21H23ClN4O2S. The highest BCUT2D eigenvalue weighted by Crippen LogP contribution is 2.24. The molecule has 152 valence electrons. The number of thioether (sulfide) groups is 1. The summed E-state index contributed by atoms with van der Waals surface area (Å²) in [5.74, 6) is 0.609. The van der Waals surface area contributed by atoms with Crippen molar-refractivity contribution >= 4 is 35.0 Å². The number of ether oxygens (including phenoxy) is 1. The molecule has 6 nitrogen and oxygen atoms in total. The molecule has 2 aromatic carbocycles. The topological polar surface area (TPSA) is 69.0 Å². The SMILES string of the molecule is Cc1ccc(NCc2nnc(SCC(=O)OC(C)C)n2-c2ccc(Cl)cc2)cc1. The fourth-order valence-electron chi connectivity index (χ4n) is 2.63. The van der Waals surface area contributed by atoms with Crippen molar-refractivity contribution in [3.8, 4) is 5.69 Å². The first-order valence-corrected chi connectivity index (χ1v) is 10.6. The molecule has 0 atom stereocenters. The minimum Gasteiger partial charge on any atom is -0.462 e. The third-order valence-electron chi connectivity index (χ3n) is 3.97. The molecule has 0 aliphatic heterocycles. The van der Waals surface area contributed by atoms with Crippen molar-refractivity contribution in [2.75, 3.05) is 11.1 Å². The lowest BCUT2D eigenvalue weighted by Gasteiger charge is -2.12. The number of hydrogen-bond acceptors (Lipinski definition) is 6.